The molecule has 4 rings (SSSR count). The Balaban J connectivity index is 1.84. The number of hydrogen-bond donors (Lipinski definition) is 1. The van der Waals surface area contributed by atoms with E-state index in [1.807, 2.05) is 57.2 Å². The Kier molecular flexibility index (Phi) is 10.7. The molecule has 1 atom stereocenters. The van der Waals surface area contributed by atoms with Crippen molar-refractivity contribution < 1.29 is 18.0 Å². The molecule has 0 aliphatic rings. The van der Waals surface area contributed by atoms with Crippen LogP contribution >= 0.6 is 23.2 Å². The molecule has 1 unspecified atom stereocenters. The smallest absolute Gasteiger partial charge is 0.264 e. The third kappa shape index (κ3) is 7.62. The predicted octanol–water partition coefficient (Wildman–Crippen LogP) is 6.50. The van der Waals surface area contributed by atoms with Crippen molar-refractivity contribution in [1.29, 1.82) is 0 Å². The topological polar surface area (TPSA) is 86.8 Å². The Bertz CT molecular complexity index is 1750. The molecule has 4 aromatic rings. The highest BCUT2D eigenvalue weighted by atomic mass is 35.5. The molecule has 0 aliphatic heterocycles. The number of amides is 2. The molecule has 7 nitrogen and oxygen atoms in total. The lowest BCUT2D eigenvalue weighted by Gasteiger charge is -2.34. The lowest BCUT2D eigenvalue weighted by atomic mass is 10.0. The van der Waals surface area contributed by atoms with Crippen LogP contribution in [0.5, 0.6) is 0 Å². The number of nitrogens with zero attached hydrogens (tertiary/aromatic N) is 2. The van der Waals surface area contributed by atoms with Crippen molar-refractivity contribution in [2.24, 2.45) is 0 Å². The van der Waals surface area contributed by atoms with Crippen LogP contribution in [0.4, 0.5) is 5.69 Å². The zero-order chi connectivity index (χ0) is 32.0. The quantitative estimate of drug-likeness (QED) is 0.201. The second-order valence-corrected chi connectivity index (χ2v) is 13.3. The van der Waals surface area contributed by atoms with Crippen molar-refractivity contribution in [3.8, 4) is 0 Å². The van der Waals surface area contributed by atoms with Gasteiger partial charge in [-0.1, -0.05) is 89.4 Å². The van der Waals surface area contributed by atoms with Crippen LogP contribution in [0.1, 0.15) is 27.8 Å². The van der Waals surface area contributed by atoms with Crippen LogP contribution in [0.15, 0.2) is 95.9 Å². The molecule has 1 N–H and O–H groups in total. The van der Waals surface area contributed by atoms with Gasteiger partial charge < -0.3 is 10.2 Å². The zero-order valence-electron chi connectivity index (χ0n) is 25.1. The summed E-state index contributed by atoms with van der Waals surface area (Å²) in [6, 6.07) is 25.1. The lowest BCUT2D eigenvalue weighted by Crippen LogP contribution is -2.53. The monoisotopic (exact) mass is 651 g/mol. The number of hydrogen-bond acceptors (Lipinski definition) is 4. The zero-order valence-corrected chi connectivity index (χ0v) is 27.4. The highest BCUT2D eigenvalue weighted by Crippen LogP contribution is 2.30. The SMILES string of the molecule is CNC(=O)C(Cc1ccccc1)N(Cc1ccc(Cl)cc1Cl)C(=O)CN(c1cccc(C)c1C)S(=O)(=O)c1ccc(C)cc1. The maximum Gasteiger partial charge on any atom is 0.264 e. The standard InChI is InChI=1S/C34H35Cl2N3O4S/c1-23-13-17-29(18-14-23)44(42,43)39(31-12-8-9-24(2)25(31)3)22-33(40)38(21-27-15-16-28(35)20-30(27)36)32(34(41)37-4)19-26-10-6-5-7-11-26/h5-18,20,32H,19,21-22H2,1-4H3,(H,37,41). The van der Waals surface area contributed by atoms with Crippen molar-refractivity contribution in [2.75, 3.05) is 17.9 Å². The summed E-state index contributed by atoms with van der Waals surface area (Å²) in [5, 5.41) is 3.42. The third-order valence-electron chi connectivity index (χ3n) is 7.61. The Labute approximate surface area is 269 Å². The number of carbonyl (C=O) groups excluding carboxylic acids is 2. The Morgan fingerprint density at radius 2 is 1.55 bits per heavy atom. The molecule has 0 radical (unpaired) electrons. The van der Waals surface area contributed by atoms with E-state index in [0.29, 0.717) is 21.3 Å². The predicted molar refractivity (Wildman–Crippen MR) is 177 cm³/mol. The van der Waals surface area contributed by atoms with E-state index in [-0.39, 0.29) is 17.9 Å². The van der Waals surface area contributed by atoms with Gasteiger partial charge in [0.1, 0.15) is 12.6 Å². The van der Waals surface area contributed by atoms with Crippen molar-refractivity contribution in [3.05, 3.63) is 129 Å². The molecular formula is C34H35Cl2N3O4S. The number of benzene rings is 4. The maximum absolute atomic E-state index is 14.5. The fourth-order valence-electron chi connectivity index (χ4n) is 4.91. The van der Waals surface area contributed by atoms with Crippen molar-refractivity contribution >= 4 is 50.7 Å². The average molecular weight is 653 g/mol. The van der Waals surface area contributed by atoms with Gasteiger partial charge in [-0.2, -0.15) is 0 Å². The summed E-state index contributed by atoms with van der Waals surface area (Å²) >= 11 is 12.7. The van der Waals surface area contributed by atoms with Crippen LogP contribution in [0.2, 0.25) is 10.0 Å². The molecule has 10 heteroatoms. The minimum Gasteiger partial charge on any atom is -0.357 e. The van der Waals surface area contributed by atoms with Gasteiger partial charge in [-0.25, -0.2) is 8.42 Å². The summed E-state index contributed by atoms with van der Waals surface area (Å²) in [6.07, 6.45) is 0.200. The summed E-state index contributed by atoms with van der Waals surface area (Å²) in [7, 11) is -2.69. The van der Waals surface area contributed by atoms with Gasteiger partial charge in [-0.3, -0.25) is 13.9 Å². The molecule has 4 aromatic carbocycles. The van der Waals surface area contributed by atoms with E-state index < -0.39 is 34.4 Å². The van der Waals surface area contributed by atoms with Crippen molar-refractivity contribution in [3.63, 3.8) is 0 Å². The van der Waals surface area contributed by atoms with Crippen LogP contribution in [0, 0.1) is 20.8 Å². The van der Waals surface area contributed by atoms with Gasteiger partial charge in [-0.05, 0) is 73.4 Å². The van der Waals surface area contributed by atoms with Gasteiger partial charge in [0.25, 0.3) is 10.0 Å². The highest BCUT2D eigenvalue weighted by molar-refractivity contribution is 7.92. The van der Waals surface area contributed by atoms with Gasteiger partial charge in [0, 0.05) is 30.1 Å². The molecule has 0 saturated carbocycles. The molecule has 0 heterocycles. The first-order valence-corrected chi connectivity index (χ1v) is 16.3. The first kappa shape index (κ1) is 33.1. The molecular weight excluding hydrogens is 617 g/mol. The van der Waals surface area contributed by atoms with Crippen molar-refractivity contribution in [2.45, 2.75) is 44.7 Å². The number of rotatable bonds is 11. The second kappa shape index (κ2) is 14.3. The first-order valence-electron chi connectivity index (χ1n) is 14.1. The summed E-state index contributed by atoms with van der Waals surface area (Å²) in [4.78, 5) is 29.3. The van der Waals surface area contributed by atoms with Crippen molar-refractivity contribution in [1.82, 2.24) is 10.2 Å². The van der Waals surface area contributed by atoms with Crippen LogP contribution in [0.3, 0.4) is 0 Å². The Morgan fingerprint density at radius 3 is 2.18 bits per heavy atom. The summed E-state index contributed by atoms with van der Waals surface area (Å²) < 4.78 is 29.5. The summed E-state index contributed by atoms with van der Waals surface area (Å²) in [6.45, 7) is 4.97. The van der Waals surface area contributed by atoms with Crippen LogP contribution in [0.25, 0.3) is 0 Å². The number of anilines is 1. The Hall–Kier alpha value is -3.85. The van der Waals surface area contributed by atoms with Gasteiger partial charge in [0.15, 0.2) is 0 Å². The minimum atomic E-state index is -4.19. The van der Waals surface area contributed by atoms with E-state index in [1.54, 1.807) is 42.5 Å². The first-order chi connectivity index (χ1) is 20.9. The van der Waals surface area contributed by atoms with E-state index >= 15 is 0 Å². The van der Waals surface area contributed by atoms with E-state index in [2.05, 4.69) is 5.32 Å². The molecule has 0 aliphatic carbocycles. The van der Waals surface area contributed by atoms with E-state index in [0.717, 1.165) is 26.6 Å². The summed E-state index contributed by atoms with van der Waals surface area (Å²) in [5.41, 5.74) is 4.26. The number of aryl methyl sites for hydroxylation is 2. The van der Waals surface area contributed by atoms with E-state index in [1.165, 1.54) is 24.1 Å². The molecule has 0 aromatic heterocycles. The van der Waals surface area contributed by atoms with Gasteiger partial charge in [0.05, 0.1) is 10.6 Å². The molecule has 0 fully saturated rings. The van der Waals surface area contributed by atoms with Gasteiger partial charge in [-0.15, -0.1) is 0 Å². The average Bonchev–Trinajstić information content (AvgIpc) is 3.00. The lowest BCUT2D eigenvalue weighted by molar-refractivity contribution is -0.139. The molecule has 2 amide bonds. The fraction of sp³-hybridized carbons (Fsp3) is 0.235. The Morgan fingerprint density at radius 1 is 0.864 bits per heavy atom. The normalized spacial score (nSPS) is 12.0. The molecule has 0 spiro atoms. The number of nitrogens with one attached hydrogen (secondary N) is 1. The maximum atomic E-state index is 14.5. The van der Waals surface area contributed by atoms with Crippen LogP contribution < -0.4 is 9.62 Å². The van der Waals surface area contributed by atoms with Crippen LogP contribution in [-0.2, 0) is 32.6 Å². The molecule has 0 saturated heterocycles. The van der Waals surface area contributed by atoms with Crippen LogP contribution in [-0.4, -0.2) is 44.8 Å². The third-order valence-corrected chi connectivity index (χ3v) is 9.97. The second-order valence-electron chi connectivity index (χ2n) is 10.6. The summed E-state index contributed by atoms with van der Waals surface area (Å²) in [5.74, 6) is -0.968. The molecule has 230 valence electrons. The number of sulfonamides is 1. The van der Waals surface area contributed by atoms with E-state index in [9.17, 15) is 18.0 Å². The molecule has 44 heavy (non-hydrogen) atoms. The number of halogens is 2. The van der Waals surface area contributed by atoms with Gasteiger partial charge in [0.2, 0.25) is 11.8 Å². The minimum absolute atomic E-state index is 0.0506. The highest BCUT2D eigenvalue weighted by Gasteiger charge is 2.35. The van der Waals surface area contributed by atoms with Gasteiger partial charge >= 0.3 is 0 Å². The fourth-order valence-corrected chi connectivity index (χ4v) is 6.85. The molecule has 0 bridgehead atoms. The van der Waals surface area contributed by atoms with E-state index in [4.69, 9.17) is 23.2 Å². The number of carbonyl (C=O) groups is 2. The number of likely N-dealkylation sites (N-methyl/N-ethyl adjacent to an activating group) is 1. The largest absolute Gasteiger partial charge is 0.357 e.